The van der Waals surface area contributed by atoms with Crippen LogP contribution in [0.4, 0.5) is 11.8 Å². The summed E-state index contributed by atoms with van der Waals surface area (Å²) in [6.07, 6.45) is 3.87. The molecule has 1 unspecified atom stereocenters. The fraction of sp³-hybridized carbons (Fsp3) is 0.636. The van der Waals surface area contributed by atoms with E-state index in [0.29, 0.717) is 22.8 Å². The van der Waals surface area contributed by atoms with E-state index in [1.807, 2.05) is 0 Å². The fourth-order valence-electron chi connectivity index (χ4n) is 2.19. The number of anilines is 2. The number of nitrogens with one attached hydrogen (secondary N) is 2. The van der Waals surface area contributed by atoms with Crippen LogP contribution in [0.15, 0.2) is 6.20 Å². The zero-order chi connectivity index (χ0) is 13.0. The Morgan fingerprint density at radius 3 is 3.17 bits per heavy atom. The number of nitrogens with two attached hydrogens (primary N) is 1. The molecule has 0 radical (unpaired) electrons. The van der Waals surface area contributed by atoms with Crippen molar-refractivity contribution in [1.29, 1.82) is 0 Å². The molecule has 1 atom stereocenters. The first-order valence-corrected chi connectivity index (χ1v) is 6.58. The maximum absolute atomic E-state index is 6.07. The van der Waals surface area contributed by atoms with Crippen molar-refractivity contribution in [1.82, 2.24) is 14.9 Å². The van der Waals surface area contributed by atoms with Crippen molar-refractivity contribution in [3.8, 4) is 0 Å². The molecule has 0 bridgehead atoms. The molecule has 6 nitrogen and oxygen atoms in total. The summed E-state index contributed by atoms with van der Waals surface area (Å²) in [5, 5.41) is 3.88. The molecule has 18 heavy (non-hydrogen) atoms. The van der Waals surface area contributed by atoms with Crippen molar-refractivity contribution in [2.75, 3.05) is 30.4 Å². The summed E-state index contributed by atoms with van der Waals surface area (Å²) in [6.45, 7) is 5.44. The van der Waals surface area contributed by atoms with Gasteiger partial charge in [0.05, 0.1) is 6.20 Å². The lowest BCUT2D eigenvalue weighted by molar-refractivity contribution is 0.226. The van der Waals surface area contributed by atoms with E-state index in [9.17, 15) is 0 Å². The molecular formula is C11H19ClN6. The maximum Gasteiger partial charge on any atom is 0.239 e. The number of nitrogen functional groups attached to an aromatic ring is 1. The number of halogens is 1. The number of piperidine rings is 1. The van der Waals surface area contributed by atoms with Gasteiger partial charge in [0.15, 0.2) is 5.82 Å². The topological polar surface area (TPSA) is 79.1 Å². The summed E-state index contributed by atoms with van der Waals surface area (Å²) < 4.78 is 0. The molecule has 1 saturated heterocycles. The lowest BCUT2D eigenvalue weighted by atomic mass is 10.1. The highest BCUT2D eigenvalue weighted by atomic mass is 35.5. The van der Waals surface area contributed by atoms with Crippen LogP contribution in [-0.2, 0) is 0 Å². The van der Waals surface area contributed by atoms with Crippen LogP contribution in [0, 0.1) is 0 Å². The first-order valence-electron chi connectivity index (χ1n) is 6.21. The fourth-order valence-corrected chi connectivity index (χ4v) is 2.34. The van der Waals surface area contributed by atoms with Gasteiger partial charge in [0.2, 0.25) is 5.95 Å². The number of likely N-dealkylation sites (N-methyl/N-ethyl adjacent to an activating group) is 1. The quantitative estimate of drug-likeness (QED) is 0.566. The zero-order valence-corrected chi connectivity index (χ0v) is 11.2. The van der Waals surface area contributed by atoms with Crippen LogP contribution in [0.2, 0.25) is 5.02 Å². The van der Waals surface area contributed by atoms with Crippen molar-refractivity contribution in [3.63, 3.8) is 0 Å². The Morgan fingerprint density at radius 2 is 2.44 bits per heavy atom. The monoisotopic (exact) mass is 270 g/mol. The summed E-state index contributed by atoms with van der Waals surface area (Å²) in [6, 6.07) is 0.372. The Kier molecular flexibility index (Phi) is 4.57. The number of hydrogen-bond donors (Lipinski definition) is 3. The van der Waals surface area contributed by atoms with Gasteiger partial charge >= 0.3 is 0 Å². The van der Waals surface area contributed by atoms with Crippen LogP contribution in [0.1, 0.15) is 19.8 Å². The Morgan fingerprint density at radius 1 is 1.61 bits per heavy atom. The second kappa shape index (κ2) is 6.17. The highest BCUT2D eigenvalue weighted by Crippen LogP contribution is 2.22. The van der Waals surface area contributed by atoms with Crippen LogP contribution in [0.25, 0.3) is 0 Å². The Labute approximate surface area is 112 Å². The molecule has 1 aliphatic rings. The number of nitrogens with zero attached hydrogens (tertiary/aromatic N) is 3. The highest BCUT2D eigenvalue weighted by molar-refractivity contribution is 6.32. The molecular weight excluding hydrogens is 252 g/mol. The molecule has 0 aliphatic carbocycles. The van der Waals surface area contributed by atoms with Gasteiger partial charge in [-0.05, 0) is 25.9 Å². The van der Waals surface area contributed by atoms with E-state index in [-0.39, 0.29) is 0 Å². The minimum Gasteiger partial charge on any atom is -0.365 e. The molecule has 0 amide bonds. The number of likely N-dealkylation sites (tertiary alicyclic amines) is 1. The molecule has 1 aliphatic heterocycles. The minimum atomic E-state index is 0.366. The molecule has 2 rings (SSSR count). The Bertz CT molecular complexity index is 399. The highest BCUT2D eigenvalue weighted by Gasteiger charge is 2.19. The SMILES string of the molecule is CCN1CCCC(Nc2nc(NN)ncc2Cl)C1. The molecule has 100 valence electrons. The van der Waals surface area contributed by atoms with Crippen molar-refractivity contribution in [2.45, 2.75) is 25.8 Å². The average molecular weight is 271 g/mol. The summed E-state index contributed by atoms with van der Waals surface area (Å²) in [4.78, 5) is 10.6. The van der Waals surface area contributed by atoms with Gasteiger partial charge in [-0.1, -0.05) is 18.5 Å². The van der Waals surface area contributed by atoms with Gasteiger partial charge < -0.3 is 10.2 Å². The third-order valence-corrected chi connectivity index (χ3v) is 3.44. The maximum atomic E-state index is 6.07. The molecule has 4 N–H and O–H groups in total. The van der Waals surface area contributed by atoms with Gasteiger partial charge in [0.1, 0.15) is 5.02 Å². The predicted molar refractivity (Wildman–Crippen MR) is 73.6 cm³/mol. The third-order valence-electron chi connectivity index (χ3n) is 3.17. The Hall–Kier alpha value is -1.11. The molecule has 2 heterocycles. The second-order valence-corrected chi connectivity index (χ2v) is 4.82. The number of hydrazine groups is 1. The third kappa shape index (κ3) is 3.22. The van der Waals surface area contributed by atoms with Gasteiger partial charge in [-0.2, -0.15) is 4.98 Å². The minimum absolute atomic E-state index is 0.366. The van der Waals surface area contributed by atoms with E-state index in [4.69, 9.17) is 17.4 Å². The van der Waals surface area contributed by atoms with E-state index >= 15 is 0 Å². The van der Waals surface area contributed by atoms with Crippen LogP contribution >= 0.6 is 11.6 Å². The predicted octanol–water partition coefficient (Wildman–Crippen LogP) is 1.31. The van der Waals surface area contributed by atoms with Crippen molar-refractivity contribution < 1.29 is 0 Å². The lowest BCUT2D eigenvalue weighted by Gasteiger charge is -2.32. The van der Waals surface area contributed by atoms with E-state index in [0.717, 1.165) is 19.5 Å². The largest absolute Gasteiger partial charge is 0.365 e. The van der Waals surface area contributed by atoms with Crippen LogP contribution in [-0.4, -0.2) is 40.5 Å². The van der Waals surface area contributed by atoms with Crippen LogP contribution < -0.4 is 16.6 Å². The lowest BCUT2D eigenvalue weighted by Crippen LogP contribution is -2.42. The zero-order valence-electron chi connectivity index (χ0n) is 10.5. The molecule has 0 spiro atoms. The van der Waals surface area contributed by atoms with Gasteiger partial charge in [-0.25, -0.2) is 10.8 Å². The first kappa shape index (κ1) is 13.3. The van der Waals surface area contributed by atoms with Gasteiger partial charge in [0, 0.05) is 12.6 Å². The number of aromatic nitrogens is 2. The smallest absolute Gasteiger partial charge is 0.239 e. The summed E-state index contributed by atoms with van der Waals surface area (Å²) >= 11 is 6.07. The number of rotatable bonds is 4. The van der Waals surface area contributed by atoms with Crippen molar-refractivity contribution in [3.05, 3.63) is 11.2 Å². The van der Waals surface area contributed by atoms with Crippen molar-refractivity contribution >= 4 is 23.4 Å². The summed E-state index contributed by atoms with van der Waals surface area (Å²) in [7, 11) is 0. The number of hydrogen-bond acceptors (Lipinski definition) is 6. The summed E-state index contributed by atoms with van der Waals surface area (Å²) in [5.74, 6) is 6.30. The van der Waals surface area contributed by atoms with Gasteiger partial charge in [-0.3, -0.25) is 5.43 Å². The standard InChI is InChI=1S/C11H19ClN6/c1-2-18-5-3-4-8(7-18)15-10-9(12)6-14-11(16-10)17-13/h6,8H,2-5,7,13H2,1H3,(H2,14,15,16,17). The van der Waals surface area contributed by atoms with Gasteiger partial charge in [0.25, 0.3) is 0 Å². The molecule has 1 aromatic heterocycles. The van der Waals surface area contributed by atoms with E-state index in [2.05, 4.69) is 32.5 Å². The molecule has 1 aromatic rings. The van der Waals surface area contributed by atoms with Crippen molar-refractivity contribution in [2.24, 2.45) is 5.84 Å². The van der Waals surface area contributed by atoms with Crippen LogP contribution in [0.3, 0.4) is 0 Å². The average Bonchev–Trinajstić information content (AvgIpc) is 2.41. The molecule has 1 fully saturated rings. The summed E-state index contributed by atoms with van der Waals surface area (Å²) in [5.41, 5.74) is 2.42. The van der Waals surface area contributed by atoms with Crippen LogP contribution in [0.5, 0.6) is 0 Å². The normalized spacial score (nSPS) is 20.7. The second-order valence-electron chi connectivity index (χ2n) is 4.41. The molecule has 0 saturated carbocycles. The van der Waals surface area contributed by atoms with E-state index in [1.165, 1.54) is 13.0 Å². The molecule has 7 heteroatoms. The molecule has 0 aromatic carbocycles. The van der Waals surface area contributed by atoms with Gasteiger partial charge in [-0.15, -0.1) is 0 Å². The first-order chi connectivity index (χ1) is 8.72. The van der Waals surface area contributed by atoms with E-state index in [1.54, 1.807) is 6.20 Å². The Balaban J connectivity index is 2.04. The van der Waals surface area contributed by atoms with E-state index < -0.39 is 0 Å².